The highest BCUT2D eigenvalue weighted by atomic mass is 32.2. The molecule has 5 nitrogen and oxygen atoms in total. The van der Waals surface area contributed by atoms with Crippen molar-refractivity contribution in [2.45, 2.75) is 95.3 Å². The maximum atomic E-state index is 11.6. The van der Waals surface area contributed by atoms with Crippen molar-refractivity contribution < 1.29 is 22.8 Å². The van der Waals surface area contributed by atoms with Gasteiger partial charge in [0.05, 0.1) is 4.90 Å². The molecule has 2 aromatic rings. The quantitative estimate of drug-likeness (QED) is 0.197. The lowest BCUT2D eigenvalue weighted by Crippen LogP contribution is -2.01. The van der Waals surface area contributed by atoms with Crippen LogP contribution in [0.1, 0.15) is 89.5 Å². The topological polar surface area (TPSA) is 83.8 Å². The summed E-state index contributed by atoms with van der Waals surface area (Å²) in [5, 5.41) is 9.65. The van der Waals surface area contributed by atoms with Gasteiger partial charge >= 0.3 is 0 Å². The first-order chi connectivity index (χ1) is 15.4. The van der Waals surface area contributed by atoms with E-state index in [0.29, 0.717) is 17.9 Å². The van der Waals surface area contributed by atoms with Crippen LogP contribution in [0.3, 0.4) is 0 Å². The van der Waals surface area contributed by atoms with Crippen molar-refractivity contribution >= 4 is 10.1 Å². The summed E-state index contributed by atoms with van der Waals surface area (Å²) in [6.07, 6.45) is 15.7. The zero-order valence-corrected chi connectivity index (χ0v) is 20.1. The number of phenolic OH excluding ortho intramolecular Hbond substituents is 1. The van der Waals surface area contributed by atoms with E-state index in [1.54, 1.807) is 24.3 Å². The number of hydrogen-bond donors (Lipinski definition) is 2. The largest absolute Gasteiger partial charge is 0.508 e. The Bertz CT molecular complexity index is 908. The molecule has 178 valence electrons. The highest BCUT2D eigenvalue weighted by Gasteiger charge is 2.14. The summed E-state index contributed by atoms with van der Waals surface area (Å²) < 4.78 is 38.4. The molecule has 0 unspecified atom stereocenters. The smallest absolute Gasteiger partial charge is 0.294 e. The summed E-state index contributed by atoms with van der Waals surface area (Å²) in [5.74, 6) is 1.10. The molecule has 0 heterocycles. The average molecular weight is 463 g/mol. The van der Waals surface area contributed by atoms with E-state index in [1.165, 1.54) is 76.0 Å². The number of aryl methyl sites for hydroxylation is 1. The third kappa shape index (κ3) is 10.0. The minimum absolute atomic E-state index is 0.0968. The minimum atomic E-state index is -4.27. The third-order valence-corrected chi connectivity index (χ3v) is 6.52. The van der Waals surface area contributed by atoms with Crippen LogP contribution in [-0.4, -0.2) is 18.1 Å². The summed E-state index contributed by atoms with van der Waals surface area (Å²) in [7, 11) is -4.27. The molecule has 0 radical (unpaired) electrons. The molecule has 6 heteroatoms. The van der Waals surface area contributed by atoms with Gasteiger partial charge in [0, 0.05) is 6.07 Å². The van der Waals surface area contributed by atoms with Gasteiger partial charge in [0.15, 0.2) is 0 Å². The van der Waals surface area contributed by atoms with Crippen LogP contribution in [0, 0.1) is 0 Å². The predicted molar refractivity (Wildman–Crippen MR) is 129 cm³/mol. The Kier molecular flexibility index (Phi) is 11.6. The van der Waals surface area contributed by atoms with Gasteiger partial charge in [0.1, 0.15) is 17.2 Å². The second-order valence-electron chi connectivity index (χ2n) is 8.48. The molecule has 0 aromatic heterocycles. The number of benzene rings is 2. The average Bonchev–Trinajstić information content (AvgIpc) is 2.74. The van der Waals surface area contributed by atoms with Crippen molar-refractivity contribution in [3.05, 3.63) is 48.0 Å². The summed E-state index contributed by atoms with van der Waals surface area (Å²) >= 11 is 0. The Morgan fingerprint density at radius 3 is 1.94 bits per heavy atom. The van der Waals surface area contributed by atoms with Gasteiger partial charge in [-0.2, -0.15) is 8.42 Å². The summed E-state index contributed by atoms with van der Waals surface area (Å²) in [4.78, 5) is -0.130. The number of hydrogen-bond acceptors (Lipinski definition) is 4. The van der Waals surface area contributed by atoms with Crippen molar-refractivity contribution in [2.75, 3.05) is 0 Å². The molecule has 2 N–H and O–H groups in total. The number of unbranched alkanes of at least 4 members (excludes halogenated alkanes) is 11. The van der Waals surface area contributed by atoms with Crippen molar-refractivity contribution in [1.82, 2.24) is 0 Å². The van der Waals surface area contributed by atoms with E-state index >= 15 is 0 Å². The normalized spacial score (nSPS) is 11.6. The van der Waals surface area contributed by atoms with Crippen LogP contribution in [0.5, 0.6) is 17.2 Å². The van der Waals surface area contributed by atoms with Gasteiger partial charge < -0.3 is 9.84 Å². The summed E-state index contributed by atoms with van der Waals surface area (Å²) in [6.45, 7) is 2.24. The highest BCUT2D eigenvalue weighted by molar-refractivity contribution is 7.85. The molecule has 2 aromatic carbocycles. The Morgan fingerprint density at radius 2 is 1.38 bits per heavy atom. The fraction of sp³-hybridized carbons (Fsp3) is 0.538. The monoisotopic (exact) mass is 462 g/mol. The van der Waals surface area contributed by atoms with E-state index < -0.39 is 10.1 Å². The van der Waals surface area contributed by atoms with Gasteiger partial charge in [-0.15, -0.1) is 0 Å². The molecule has 32 heavy (non-hydrogen) atoms. The zero-order valence-electron chi connectivity index (χ0n) is 19.3. The van der Waals surface area contributed by atoms with Crippen molar-refractivity contribution in [2.24, 2.45) is 0 Å². The lowest BCUT2D eigenvalue weighted by atomic mass is 10.0. The molecule has 0 aliphatic rings. The molecule has 0 saturated carbocycles. The highest BCUT2D eigenvalue weighted by Crippen LogP contribution is 2.30. The maximum Gasteiger partial charge on any atom is 0.294 e. The van der Waals surface area contributed by atoms with Crippen LogP contribution >= 0.6 is 0 Å². The van der Waals surface area contributed by atoms with Crippen LogP contribution in [0.2, 0.25) is 0 Å². The van der Waals surface area contributed by atoms with Crippen LogP contribution in [0.15, 0.2) is 47.4 Å². The van der Waals surface area contributed by atoms with Crippen LogP contribution in [0.25, 0.3) is 0 Å². The molecule has 0 aliphatic carbocycles. The van der Waals surface area contributed by atoms with Crippen molar-refractivity contribution in [1.29, 1.82) is 0 Å². The molecule has 0 amide bonds. The lowest BCUT2D eigenvalue weighted by molar-refractivity contribution is 0.451. The number of phenols is 1. The standard InChI is InChI=1S/C26H38O5S/c1-2-3-4-5-6-7-8-9-10-11-12-13-15-22-20-25(32(28,29)30)18-19-26(22)31-24-17-14-16-23(27)21-24/h14,16-21,27H,2-13,15H2,1H3,(H,28,29,30). The zero-order chi connectivity index (χ0) is 23.2. The number of aromatic hydroxyl groups is 1. The molecule has 0 fully saturated rings. The fourth-order valence-corrected chi connectivity index (χ4v) is 4.37. The molecular formula is C26H38O5S. The fourth-order valence-electron chi connectivity index (χ4n) is 3.84. The van der Waals surface area contributed by atoms with E-state index in [0.717, 1.165) is 24.8 Å². The van der Waals surface area contributed by atoms with Crippen LogP contribution < -0.4 is 4.74 Å². The first kappa shape index (κ1) is 26.2. The van der Waals surface area contributed by atoms with Crippen molar-refractivity contribution in [3.63, 3.8) is 0 Å². The Labute approximate surface area is 193 Å². The molecule has 0 bridgehead atoms. The molecule has 0 atom stereocenters. The second-order valence-corrected chi connectivity index (χ2v) is 9.90. The van der Waals surface area contributed by atoms with Gasteiger partial charge in [0.2, 0.25) is 0 Å². The first-order valence-corrected chi connectivity index (χ1v) is 13.4. The summed E-state index contributed by atoms with van der Waals surface area (Å²) in [6, 6.07) is 10.8. The maximum absolute atomic E-state index is 11.6. The van der Waals surface area contributed by atoms with Gasteiger partial charge in [-0.25, -0.2) is 0 Å². The Hall–Kier alpha value is -2.05. The van der Waals surface area contributed by atoms with E-state index in [-0.39, 0.29) is 10.6 Å². The van der Waals surface area contributed by atoms with Crippen molar-refractivity contribution in [3.8, 4) is 17.2 Å². The molecular weight excluding hydrogens is 424 g/mol. The molecule has 0 aliphatic heterocycles. The second kappa shape index (κ2) is 14.2. The van der Waals surface area contributed by atoms with Gasteiger partial charge in [-0.1, -0.05) is 83.6 Å². The van der Waals surface area contributed by atoms with E-state index in [1.807, 2.05) is 0 Å². The van der Waals surface area contributed by atoms with Gasteiger partial charge in [-0.3, -0.25) is 4.55 Å². The van der Waals surface area contributed by atoms with Crippen LogP contribution in [-0.2, 0) is 16.5 Å². The molecule has 0 saturated heterocycles. The minimum Gasteiger partial charge on any atom is -0.508 e. The predicted octanol–water partition coefficient (Wildman–Crippen LogP) is 7.67. The van der Waals surface area contributed by atoms with Crippen LogP contribution in [0.4, 0.5) is 0 Å². The Balaban J connectivity index is 1.80. The number of rotatable bonds is 16. The van der Waals surface area contributed by atoms with Gasteiger partial charge in [0.25, 0.3) is 10.1 Å². The number of ether oxygens (including phenoxy) is 1. The first-order valence-electron chi connectivity index (χ1n) is 12.0. The third-order valence-electron chi connectivity index (χ3n) is 5.67. The van der Waals surface area contributed by atoms with E-state index in [9.17, 15) is 18.1 Å². The van der Waals surface area contributed by atoms with Gasteiger partial charge in [-0.05, 0) is 48.7 Å². The van der Waals surface area contributed by atoms with E-state index in [2.05, 4.69) is 6.92 Å². The molecule has 2 rings (SSSR count). The Morgan fingerprint density at radius 1 is 0.781 bits per heavy atom. The summed E-state index contributed by atoms with van der Waals surface area (Å²) in [5.41, 5.74) is 0.732. The SMILES string of the molecule is CCCCCCCCCCCCCCc1cc(S(=O)(=O)O)ccc1Oc1cccc(O)c1. The lowest BCUT2D eigenvalue weighted by Gasteiger charge is -2.13. The molecule has 0 spiro atoms. The van der Waals surface area contributed by atoms with E-state index in [4.69, 9.17) is 4.74 Å².